The maximum atomic E-state index is 13.4. The van der Waals surface area contributed by atoms with Crippen LogP contribution in [0, 0.1) is 11.3 Å². The van der Waals surface area contributed by atoms with Crippen molar-refractivity contribution in [2.45, 2.75) is 45.0 Å². The van der Waals surface area contributed by atoms with Gasteiger partial charge in [0.15, 0.2) is 0 Å². The van der Waals surface area contributed by atoms with Gasteiger partial charge in [-0.1, -0.05) is 43.3 Å². The van der Waals surface area contributed by atoms with Gasteiger partial charge in [-0.2, -0.15) is 5.26 Å². The molecule has 1 N–H and O–H groups in total. The first-order valence-electron chi connectivity index (χ1n) is 9.21. The molecule has 3 nitrogen and oxygen atoms in total. The number of aromatic nitrogens is 1. The van der Waals surface area contributed by atoms with Crippen LogP contribution in [0.3, 0.4) is 0 Å². The Kier molecular flexibility index (Phi) is 5.08. The second kappa shape index (κ2) is 7.20. The van der Waals surface area contributed by atoms with Crippen molar-refractivity contribution in [3.8, 4) is 6.07 Å². The van der Waals surface area contributed by atoms with Crippen LogP contribution in [0.2, 0.25) is 0 Å². The molecule has 0 saturated carbocycles. The summed E-state index contributed by atoms with van der Waals surface area (Å²) in [6.45, 7) is 4.60. The maximum Gasteiger partial charge on any atom is 0.270 e. The van der Waals surface area contributed by atoms with Crippen LogP contribution in [0.15, 0.2) is 53.3 Å². The van der Waals surface area contributed by atoms with E-state index in [0.29, 0.717) is 18.4 Å². The number of halogens is 2. The molecule has 0 amide bonds. The van der Waals surface area contributed by atoms with E-state index >= 15 is 0 Å². The van der Waals surface area contributed by atoms with E-state index < -0.39 is 11.3 Å². The number of H-pyrrole nitrogens is 1. The van der Waals surface area contributed by atoms with Gasteiger partial charge in [-0.15, -0.1) is 0 Å². The Bertz CT molecular complexity index is 1100. The predicted octanol–water partition coefficient (Wildman–Crippen LogP) is 5.23. The Morgan fingerprint density at radius 3 is 2.25 bits per heavy atom. The van der Waals surface area contributed by atoms with Gasteiger partial charge in [-0.3, -0.25) is 4.79 Å². The Morgan fingerprint density at radius 1 is 1.04 bits per heavy atom. The third-order valence-corrected chi connectivity index (χ3v) is 5.21. The van der Waals surface area contributed by atoms with Crippen LogP contribution in [-0.4, -0.2) is 4.98 Å². The van der Waals surface area contributed by atoms with E-state index in [9.17, 15) is 18.8 Å². The van der Waals surface area contributed by atoms with Gasteiger partial charge in [-0.25, -0.2) is 8.78 Å². The molecule has 5 heteroatoms. The molecule has 1 unspecified atom stereocenters. The first kappa shape index (κ1) is 19.8. The van der Waals surface area contributed by atoms with E-state index in [1.807, 2.05) is 38.1 Å². The number of nitrogens with one attached hydrogen (secondary N) is 1. The van der Waals surface area contributed by atoms with Gasteiger partial charge in [0, 0.05) is 23.6 Å². The molecule has 144 valence electrons. The molecule has 0 aliphatic carbocycles. The van der Waals surface area contributed by atoms with E-state index in [1.54, 1.807) is 12.1 Å². The second-order valence-corrected chi connectivity index (χ2v) is 7.49. The summed E-state index contributed by atoms with van der Waals surface area (Å²) in [5, 5.41) is 10.8. The average Bonchev–Trinajstić information content (AvgIpc) is 2.66. The third kappa shape index (κ3) is 3.82. The minimum absolute atomic E-state index is 0.0510. The van der Waals surface area contributed by atoms with Gasteiger partial charge < -0.3 is 4.98 Å². The van der Waals surface area contributed by atoms with Gasteiger partial charge in [-0.05, 0) is 48.4 Å². The van der Waals surface area contributed by atoms with Crippen molar-refractivity contribution in [2.24, 2.45) is 0 Å². The molecule has 0 aliphatic heterocycles. The Morgan fingerprint density at radius 2 is 1.68 bits per heavy atom. The molecule has 0 radical (unpaired) electrons. The number of alkyl halides is 2. The van der Waals surface area contributed by atoms with Crippen LogP contribution in [0.1, 0.15) is 43.0 Å². The standard InChI is InChI=1S/C23H22F2N2O/c1-4-16-11-17-7-10-19(12-20(17)27-21(16)28)22(2,14-26)13-15-5-8-18(9-6-15)23(3,24)25/h5-12H,4,13H2,1-3H3,(H,27,28). The summed E-state index contributed by atoms with van der Waals surface area (Å²) in [5.74, 6) is -2.89. The zero-order valence-electron chi connectivity index (χ0n) is 16.1. The summed E-state index contributed by atoms with van der Waals surface area (Å²) in [5.41, 5.74) is 1.94. The molecule has 0 aliphatic rings. The molecule has 1 atom stereocenters. The lowest BCUT2D eigenvalue weighted by atomic mass is 9.78. The normalized spacial score (nSPS) is 13.9. The molecule has 0 fully saturated rings. The Hall–Kier alpha value is -3.00. The van der Waals surface area contributed by atoms with Gasteiger partial charge in [0.1, 0.15) is 0 Å². The number of hydrogen-bond donors (Lipinski definition) is 1. The second-order valence-electron chi connectivity index (χ2n) is 7.49. The van der Waals surface area contributed by atoms with Crippen LogP contribution >= 0.6 is 0 Å². The van der Waals surface area contributed by atoms with Crippen molar-refractivity contribution in [3.63, 3.8) is 0 Å². The molecular formula is C23H22F2N2O. The summed E-state index contributed by atoms with van der Waals surface area (Å²) < 4.78 is 26.8. The first-order valence-corrected chi connectivity index (χ1v) is 9.21. The van der Waals surface area contributed by atoms with E-state index in [-0.39, 0.29) is 11.1 Å². The zero-order chi connectivity index (χ0) is 20.5. The van der Waals surface area contributed by atoms with Gasteiger partial charge in [0.05, 0.1) is 11.5 Å². The number of aromatic amines is 1. The molecule has 0 bridgehead atoms. The summed E-state index contributed by atoms with van der Waals surface area (Å²) >= 11 is 0. The van der Waals surface area contributed by atoms with Crippen LogP contribution in [0.25, 0.3) is 10.9 Å². The lowest BCUT2D eigenvalue weighted by Gasteiger charge is -2.23. The number of nitrogens with zero attached hydrogens (tertiary/aromatic N) is 1. The zero-order valence-corrected chi connectivity index (χ0v) is 16.1. The molecule has 2 aromatic carbocycles. The maximum absolute atomic E-state index is 13.4. The van der Waals surface area contributed by atoms with E-state index in [0.717, 1.165) is 29.0 Å². The van der Waals surface area contributed by atoms with Crippen molar-refractivity contribution < 1.29 is 8.78 Å². The van der Waals surface area contributed by atoms with E-state index in [1.165, 1.54) is 12.1 Å². The summed E-state index contributed by atoms with van der Waals surface area (Å²) in [4.78, 5) is 15.0. The molecule has 1 heterocycles. The number of fused-ring (bicyclic) bond motifs is 1. The van der Waals surface area contributed by atoms with Crippen molar-refractivity contribution >= 4 is 10.9 Å². The number of pyridine rings is 1. The van der Waals surface area contributed by atoms with Crippen molar-refractivity contribution in [2.75, 3.05) is 0 Å². The summed E-state index contributed by atoms with van der Waals surface area (Å²) in [6, 6.07) is 15.9. The SMILES string of the molecule is CCc1cc2ccc(C(C)(C#N)Cc3ccc(C(C)(F)F)cc3)cc2[nH]c1=O. The van der Waals surface area contributed by atoms with E-state index in [2.05, 4.69) is 11.1 Å². The predicted molar refractivity (Wildman–Crippen MR) is 107 cm³/mol. The van der Waals surface area contributed by atoms with E-state index in [4.69, 9.17) is 0 Å². The van der Waals surface area contributed by atoms with Crippen LogP contribution in [-0.2, 0) is 24.2 Å². The minimum atomic E-state index is -2.89. The van der Waals surface area contributed by atoms with Crippen molar-refractivity contribution in [1.29, 1.82) is 5.26 Å². The quantitative estimate of drug-likeness (QED) is 0.659. The highest BCUT2D eigenvalue weighted by molar-refractivity contribution is 5.80. The number of aryl methyl sites for hydroxylation is 1. The highest BCUT2D eigenvalue weighted by Crippen LogP contribution is 2.31. The number of benzene rings is 2. The topological polar surface area (TPSA) is 56.6 Å². The molecule has 28 heavy (non-hydrogen) atoms. The smallest absolute Gasteiger partial charge is 0.270 e. The summed E-state index contributed by atoms with van der Waals surface area (Å²) in [7, 11) is 0. The monoisotopic (exact) mass is 380 g/mol. The summed E-state index contributed by atoms with van der Waals surface area (Å²) in [6.07, 6.45) is 1.03. The molecule has 0 spiro atoms. The van der Waals surface area contributed by atoms with Crippen LogP contribution in [0.4, 0.5) is 8.78 Å². The minimum Gasteiger partial charge on any atom is -0.322 e. The highest BCUT2D eigenvalue weighted by atomic mass is 19.3. The fourth-order valence-electron chi connectivity index (χ4n) is 3.38. The lowest BCUT2D eigenvalue weighted by molar-refractivity contribution is 0.0174. The van der Waals surface area contributed by atoms with Crippen LogP contribution in [0.5, 0.6) is 0 Å². The van der Waals surface area contributed by atoms with Gasteiger partial charge in [0.25, 0.3) is 11.5 Å². The lowest BCUT2D eigenvalue weighted by Crippen LogP contribution is -2.23. The largest absolute Gasteiger partial charge is 0.322 e. The fraction of sp³-hybridized carbons (Fsp3) is 0.304. The Balaban J connectivity index is 1.97. The fourth-order valence-corrected chi connectivity index (χ4v) is 3.38. The number of nitriles is 1. The first-order chi connectivity index (χ1) is 13.2. The van der Waals surface area contributed by atoms with Gasteiger partial charge >= 0.3 is 0 Å². The molecule has 0 saturated heterocycles. The molecule has 1 aromatic heterocycles. The van der Waals surface area contributed by atoms with Crippen molar-refractivity contribution in [3.05, 3.63) is 81.1 Å². The number of hydrogen-bond acceptors (Lipinski definition) is 2. The number of rotatable bonds is 5. The van der Waals surface area contributed by atoms with Crippen molar-refractivity contribution in [1.82, 2.24) is 4.98 Å². The molecule has 3 aromatic rings. The molecular weight excluding hydrogens is 358 g/mol. The Labute approximate surface area is 162 Å². The highest BCUT2D eigenvalue weighted by Gasteiger charge is 2.28. The average molecular weight is 380 g/mol. The molecule has 3 rings (SSSR count). The van der Waals surface area contributed by atoms with Gasteiger partial charge in [0.2, 0.25) is 0 Å². The third-order valence-electron chi connectivity index (χ3n) is 5.21. The van der Waals surface area contributed by atoms with Crippen LogP contribution < -0.4 is 5.56 Å².